The van der Waals surface area contributed by atoms with Crippen LogP contribution in [0.5, 0.6) is 0 Å². The summed E-state index contributed by atoms with van der Waals surface area (Å²) in [4.78, 5) is 25.7. The molecule has 1 aliphatic heterocycles. The quantitative estimate of drug-likeness (QED) is 0.614. The van der Waals surface area contributed by atoms with E-state index in [0.717, 1.165) is 0 Å². The fraction of sp³-hybridized carbons (Fsp3) is 0.429. The summed E-state index contributed by atoms with van der Waals surface area (Å²) in [6.45, 7) is -0.566. The third-order valence-corrected chi connectivity index (χ3v) is 5.40. The Balaban J connectivity index is 1.67. The number of amides is 2. The molecule has 0 spiro atoms. The number of carbonyl (C=O) groups is 2. The normalized spacial score (nSPS) is 17.4. The molecule has 2 aromatic rings. The first-order valence-corrected chi connectivity index (χ1v) is 9.43. The average molecular weight is 419 g/mol. The molecule has 1 atom stereocenters. The predicted molar refractivity (Wildman–Crippen MR) is 90.5 cm³/mol. The molecule has 11 nitrogen and oxygen atoms in total. The number of benzene rings is 1. The third-order valence-electron chi connectivity index (χ3n) is 3.78. The van der Waals surface area contributed by atoms with Crippen molar-refractivity contribution in [2.45, 2.75) is 11.0 Å². The van der Waals surface area contributed by atoms with Crippen LogP contribution in [0.15, 0.2) is 21.7 Å². The van der Waals surface area contributed by atoms with E-state index in [1.54, 1.807) is 14.1 Å². The fourth-order valence-corrected chi connectivity index (χ4v) is 3.59. The molecule has 1 aromatic carbocycles. The first kappa shape index (κ1) is 19.3. The van der Waals surface area contributed by atoms with Gasteiger partial charge >= 0.3 is 6.09 Å². The van der Waals surface area contributed by atoms with Crippen LogP contribution in [0.25, 0.3) is 11.0 Å². The zero-order chi connectivity index (χ0) is 19.8. The summed E-state index contributed by atoms with van der Waals surface area (Å²) in [7, 11) is -1.12. The number of fused-ring (bicyclic) bond motifs is 1. The second kappa shape index (κ2) is 7.29. The Bertz CT molecular complexity index is 991. The van der Waals surface area contributed by atoms with Crippen molar-refractivity contribution >= 4 is 44.8 Å². The molecule has 2 amide bonds. The van der Waals surface area contributed by atoms with Crippen LogP contribution in [0.3, 0.4) is 0 Å². The second-order valence-corrected chi connectivity index (χ2v) is 7.91. The molecule has 0 saturated carbocycles. The minimum Gasteiger partial charge on any atom is -0.442 e. The topological polar surface area (TPSA) is 132 Å². The van der Waals surface area contributed by atoms with E-state index in [1.165, 1.54) is 21.9 Å². The Morgan fingerprint density at radius 2 is 2.07 bits per heavy atom. The number of likely N-dealkylation sites (N-methyl/N-ethyl adjacent to an activating group) is 1. The van der Waals surface area contributed by atoms with E-state index in [2.05, 4.69) is 14.9 Å². The number of carbonyl (C=O) groups excluding carboxylic acids is 2. The first-order chi connectivity index (χ1) is 12.7. The van der Waals surface area contributed by atoms with Crippen molar-refractivity contribution in [2.75, 3.05) is 33.8 Å². The summed E-state index contributed by atoms with van der Waals surface area (Å²) in [5.41, 5.74) is 0.0196. The summed E-state index contributed by atoms with van der Waals surface area (Å²) in [6, 6.07) is 2.54. The number of hydrogen-bond acceptors (Lipinski definition) is 9. The SMILES string of the molecule is CN(C)C(=O)CN1C[C@@H](COS(=O)(=O)c2ccc(Cl)c3nonc23)OC1=O. The highest BCUT2D eigenvalue weighted by atomic mass is 35.5. The van der Waals surface area contributed by atoms with Gasteiger partial charge in [-0.1, -0.05) is 11.6 Å². The minimum absolute atomic E-state index is 0.0233. The lowest BCUT2D eigenvalue weighted by atomic mass is 10.3. The molecule has 2 heterocycles. The van der Waals surface area contributed by atoms with E-state index in [0.29, 0.717) is 0 Å². The zero-order valence-corrected chi connectivity index (χ0v) is 15.9. The Morgan fingerprint density at radius 1 is 1.37 bits per heavy atom. The molecule has 1 aromatic heterocycles. The van der Waals surface area contributed by atoms with Gasteiger partial charge in [0.05, 0.1) is 11.6 Å². The van der Waals surface area contributed by atoms with E-state index in [9.17, 15) is 18.0 Å². The fourth-order valence-electron chi connectivity index (χ4n) is 2.34. The van der Waals surface area contributed by atoms with Crippen molar-refractivity contribution in [3.63, 3.8) is 0 Å². The lowest BCUT2D eigenvalue weighted by molar-refractivity contribution is -0.129. The van der Waals surface area contributed by atoms with Gasteiger partial charge in [0.15, 0.2) is 11.0 Å². The molecule has 0 radical (unpaired) electrons. The Morgan fingerprint density at radius 3 is 2.78 bits per heavy atom. The molecule has 3 rings (SSSR count). The van der Waals surface area contributed by atoms with Crippen molar-refractivity contribution in [1.82, 2.24) is 20.1 Å². The predicted octanol–water partition coefficient (Wildman–Crippen LogP) is 0.490. The zero-order valence-electron chi connectivity index (χ0n) is 14.3. The van der Waals surface area contributed by atoms with Crippen molar-refractivity contribution in [3.8, 4) is 0 Å². The number of rotatable bonds is 6. The van der Waals surface area contributed by atoms with Crippen LogP contribution in [0.1, 0.15) is 0 Å². The summed E-state index contributed by atoms with van der Waals surface area (Å²) >= 11 is 5.90. The first-order valence-electron chi connectivity index (χ1n) is 7.65. The molecule has 0 aliphatic carbocycles. The molecule has 0 N–H and O–H groups in total. The highest BCUT2D eigenvalue weighted by Gasteiger charge is 2.34. The molecule has 146 valence electrons. The Hall–Kier alpha value is -2.44. The molecule has 13 heteroatoms. The van der Waals surface area contributed by atoms with Crippen LogP contribution in [0, 0.1) is 0 Å². The molecular weight excluding hydrogens is 404 g/mol. The van der Waals surface area contributed by atoms with Crippen LogP contribution >= 0.6 is 11.6 Å². The standard InChI is InChI=1S/C14H15ClN4O7S/c1-18(2)11(20)6-19-5-8(25-14(19)21)7-24-27(22,23)10-4-3-9(15)12-13(10)17-26-16-12/h3-4,8H,5-7H2,1-2H3/t8-/m0/s1. The van der Waals surface area contributed by atoms with Crippen molar-refractivity contribution in [2.24, 2.45) is 0 Å². The molecule has 27 heavy (non-hydrogen) atoms. The van der Waals surface area contributed by atoms with Crippen LogP contribution < -0.4 is 0 Å². The largest absolute Gasteiger partial charge is 0.442 e. The number of hydrogen-bond donors (Lipinski definition) is 0. The van der Waals surface area contributed by atoms with E-state index in [1.807, 2.05) is 0 Å². The number of cyclic esters (lactones) is 1. The van der Waals surface area contributed by atoms with E-state index < -0.39 is 28.9 Å². The van der Waals surface area contributed by atoms with Gasteiger partial charge in [0, 0.05) is 14.1 Å². The molecule has 0 unspecified atom stereocenters. The second-order valence-electron chi connectivity index (χ2n) is 5.92. The van der Waals surface area contributed by atoms with Crippen LogP contribution in [-0.4, -0.2) is 80.4 Å². The van der Waals surface area contributed by atoms with Gasteiger partial charge in [-0.05, 0) is 22.4 Å². The van der Waals surface area contributed by atoms with Gasteiger partial charge in [-0.2, -0.15) is 8.42 Å². The maximum Gasteiger partial charge on any atom is 0.410 e. The Labute approximate surface area is 158 Å². The number of aromatic nitrogens is 2. The van der Waals surface area contributed by atoms with E-state index in [4.69, 9.17) is 20.5 Å². The molecule has 0 bridgehead atoms. The number of ether oxygens (including phenoxy) is 1. The van der Waals surface area contributed by atoms with Gasteiger partial charge in [-0.15, -0.1) is 0 Å². The minimum atomic E-state index is -4.24. The smallest absolute Gasteiger partial charge is 0.410 e. The van der Waals surface area contributed by atoms with Crippen LogP contribution in [0.2, 0.25) is 5.02 Å². The summed E-state index contributed by atoms with van der Waals surface area (Å²) in [5.74, 6) is -0.289. The third kappa shape index (κ3) is 3.96. The highest BCUT2D eigenvalue weighted by Crippen LogP contribution is 2.28. The van der Waals surface area contributed by atoms with Gasteiger partial charge < -0.3 is 9.64 Å². The van der Waals surface area contributed by atoms with Crippen molar-refractivity contribution in [3.05, 3.63) is 17.2 Å². The monoisotopic (exact) mass is 418 g/mol. The van der Waals surface area contributed by atoms with Crippen molar-refractivity contribution < 1.29 is 31.6 Å². The summed E-state index contributed by atoms with van der Waals surface area (Å²) in [6.07, 6.45) is -1.56. The highest BCUT2D eigenvalue weighted by molar-refractivity contribution is 7.87. The Kier molecular flexibility index (Phi) is 5.22. The lowest BCUT2D eigenvalue weighted by Crippen LogP contribution is -2.37. The van der Waals surface area contributed by atoms with Gasteiger partial charge in [0.2, 0.25) is 5.91 Å². The van der Waals surface area contributed by atoms with Crippen LogP contribution in [-0.2, 0) is 23.8 Å². The molecule has 1 saturated heterocycles. The van der Waals surface area contributed by atoms with Crippen LogP contribution in [0.4, 0.5) is 4.79 Å². The van der Waals surface area contributed by atoms with Gasteiger partial charge in [0.25, 0.3) is 10.1 Å². The van der Waals surface area contributed by atoms with Crippen molar-refractivity contribution in [1.29, 1.82) is 0 Å². The molecule has 1 fully saturated rings. The maximum absolute atomic E-state index is 12.5. The number of halogens is 1. The average Bonchev–Trinajstić information content (AvgIpc) is 3.21. The lowest BCUT2D eigenvalue weighted by Gasteiger charge is -2.16. The van der Waals surface area contributed by atoms with E-state index >= 15 is 0 Å². The van der Waals surface area contributed by atoms with Gasteiger partial charge in [-0.25, -0.2) is 9.42 Å². The maximum atomic E-state index is 12.5. The molecule has 1 aliphatic rings. The van der Waals surface area contributed by atoms with Gasteiger partial charge in [0.1, 0.15) is 24.2 Å². The molecular formula is C14H15ClN4O7S. The number of nitrogens with zero attached hydrogens (tertiary/aromatic N) is 4. The summed E-state index contributed by atoms with van der Waals surface area (Å²) < 4.78 is 39.5. The van der Waals surface area contributed by atoms with Gasteiger partial charge in [-0.3, -0.25) is 13.9 Å². The van der Waals surface area contributed by atoms with E-state index in [-0.39, 0.29) is 39.9 Å². The summed E-state index contributed by atoms with van der Waals surface area (Å²) in [5, 5.41) is 7.25.